The van der Waals surface area contributed by atoms with Gasteiger partial charge in [0.2, 0.25) is 0 Å². The second-order valence-corrected chi connectivity index (χ2v) is 5.13. The van der Waals surface area contributed by atoms with Gasteiger partial charge in [-0.1, -0.05) is 46.0 Å². The number of anilines is 1. The Morgan fingerprint density at radius 1 is 1.05 bits per heavy atom. The fourth-order valence-electron chi connectivity index (χ4n) is 1.43. The summed E-state index contributed by atoms with van der Waals surface area (Å²) in [7, 11) is 0. The van der Waals surface area contributed by atoms with E-state index in [0.29, 0.717) is 26.3 Å². The average Bonchev–Trinajstić information content (AvgIpc) is 2.45. The van der Waals surface area contributed by atoms with Gasteiger partial charge in [-0.3, -0.25) is 10.2 Å². The zero-order valence-electron chi connectivity index (χ0n) is 10.5. The van der Waals surface area contributed by atoms with Gasteiger partial charge in [0, 0.05) is 16.3 Å². The Labute approximate surface area is 136 Å². The molecule has 0 saturated heterocycles. The monoisotopic (exact) mass is 342 g/mol. The van der Waals surface area contributed by atoms with Crippen molar-refractivity contribution in [1.82, 2.24) is 0 Å². The highest BCUT2D eigenvalue weighted by Gasteiger charge is 2.04. The molecule has 21 heavy (non-hydrogen) atoms. The van der Waals surface area contributed by atoms with Crippen molar-refractivity contribution < 1.29 is 9.63 Å². The predicted molar refractivity (Wildman–Crippen MR) is 85.6 cm³/mol. The first-order chi connectivity index (χ1) is 10.1. The van der Waals surface area contributed by atoms with Gasteiger partial charge in [-0.15, -0.1) is 0 Å². The molecule has 0 atom stereocenters. The second kappa shape index (κ2) is 7.31. The van der Waals surface area contributed by atoms with Crippen molar-refractivity contribution in [2.24, 2.45) is 5.16 Å². The molecule has 0 radical (unpaired) electrons. The topological polar surface area (TPSA) is 50.7 Å². The molecule has 0 aromatic heterocycles. The molecule has 7 heteroatoms. The molecular formula is C14H9Cl3N2O2. The molecule has 2 aromatic rings. The summed E-state index contributed by atoms with van der Waals surface area (Å²) in [5, 5.41) is 7.42. The summed E-state index contributed by atoms with van der Waals surface area (Å²) in [6.45, 7) is 0. The Morgan fingerprint density at radius 3 is 2.29 bits per heavy atom. The Hall–Kier alpha value is -1.75. The van der Waals surface area contributed by atoms with Gasteiger partial charge in [-0.25, -0.2) is 4.79 Å². The largest absolute Gasteiger partial charge is 0.437 e. The van der Waals surface area contributed by atoms with E-state index in [2.05, 4.69) is 15.3 Å². The van der Waals surface area contributed by atoms with E-state index in [9.17, 15) is 4.79 Å². The lowest BCUT2D eigenvalue weighted by Crippen LogP contribution is -2.10. The molecule has 0 heterocycles. The molecular weight excluding hydrogens is 335 g/mol. The predicted octanol–water partition coefficient (Wildman–Crippen LogP) is 5.23. The van der Waals surface area contributed by atoms with Crippen LogP contribution < -0.4 is 5.32 Å². The van der Waals surface area contributed by atoms with Crippen molar-refractivity contribution in [3.8, 4) is 0 Å². The Morgan fingerprint density at radius 2 is 1.67 bits per heavy atom. The maximum Gasteiger partial charge on any atom is 0.437 e. The molecule has 0 fully saturated rings. The van der Waals surface area contributed by atoms with E-state index in [1.807, 2.05) is 0 Å². The highest BCUT2D eigenvalue weighted by Crippen LogP contribution is 2.22. The average molecular weight is 344 g/mol. The Kier molecular flexibility index (Phi) is 5.44. The van der Waals surface area contributed by atoms with Crippen molar-refractivity contribution in [1.29, 1.82) is 0 Å². The number of carbonyl (C=O) groups is 1. The summed E-state index contributed by atoms with van der Waals surface area (Å²) < 4.78 is 0. The molecule has 2 rings (SSSR count). The summed E-state index contributed by atoms with van der Waals surface area (Å²) in [6.07, 6.45) is 0.531. The second-order valence-electron chi connectivity index (χ2n) is 3.88. The SMILES string of the molecule is O=C(Nc1ccc(Cl)cc1)O/N=C/c1c(Cl)cccc1Cl. The zero-order valence-corrected chi connectivity index (χ0v) is 12.8. The van der Waals surface area contributed by atoms with Crippen LogP contribution in [-0.2, 0) is 4.84 Å². The third kappa shape index (κ3) is 4.63. The van der Waals surface area contributed by atoms with Crippen LogP contribution in [0.15, 0.2) is 47.6 Å². The zero-order chi connectivity index (χ0) is 15.2. The molecule has 1 N–H and O–H groups in total. The lowest BCUT2D eigenvalue weighted by atomic mass is 10.2. The number of nitrogens with zero attached hydrogens (tertiary/aromatic N) is 1. The van der Waals surface area contributed by atoms with Gasteiger partial charge in [0.15, 0.2) is 0 Å². The van der Waals surface area contributed by atoms with Crippen LogP contribution in [0.1, 0.15) is 5.56 Å². The number of hydrogen-bond acceptors (Lipinski definition) is 3. The quantitative estimate of drug-likeness (QED) is 0.471. The van der Waals surface area contributed by atoms with Gasteiger partial charge in [-0.05, 0) is 36.4 Å². The van der Waals surface area contributed by atoms with Crippen molar-refractivity contribution in [2.75, 3.05) is 5.32 Å². The third-order valence-corrected chi connectivity index (χ3v) is 3.32. The van der Waals surface area contributed by atoms with E-state index in [1.165, 1.54) is 6.21 Å². The number of oxime groups is 1. The summed E-state index contributed by atoms with van der Waals surface area (Å²) in [6, 6.07) is 11.6. The molecule has 0 aliphatic heterocycles. The molecule has 0 aliphatic rings. The van der Waals surface area contributed by atoms with Crippen LogP contribution in [0.4, 0.5) is 10.5 Å². The van der Waals surface area contributed by atoms with Gasteiger partial charge < -0.3 is 0 Å². The molecule has 0 unspecified atom stereocenters. The number of benzene rings is 2. The lowest BCUT2D eigenvalue weighted by molar-refractivity contribution is 0.167. The van der Waals surface area contributed by atoms with Gasteiger partial charge in [0.05, 0.1) is 16.3 Å². The highest BCUT2D eigenvalue weighted by molar-refractivity contribution is 6.38. The fourth-order valence-corrected chi connectivity index (χ4v) is 2.06. The lowest BCUT2D eigenvalue weighted by Gasteiger charge is -2.03. The van der Waals surface area contributed by atoms with Gasteiger partial charge in [-0.2, -0.15) is 0 Å². The van der Waals surface area contributed by atoms with Gasteiger partial charge in [0.25, 0.3) is 0 Å². The van der Waals surface area contributed by atoms with E-state index in [0.717, 1.165) is 0 Å². The maximum atomic E-state index is 11.5. The van der Waals surface area contributed by atoms with Crippen molar-refractivity contribution in [3.63, 3.8) is 0 Å². The van der Waals surface area contributed by atoms with Crippen LogP contribution >= 0.6 is 34.8 Å². The van der Waals surface area contributed by atoms with Crippen LogP contribution in [0.3, 0.4) is 0 Å². The van der Waals surface area contributed by atoms with Crippen molar-refractivity contribution in [2.45, 2.75) is 0 Å². The van der Waals surface area contributed by atoms with Crippen LogP contribution in [0, 0.1) is 0 Å². The minimum atomic E-state index is -0.739. The van der Waals surface area contributed by atoms with Crippen LogP contribution in [0.25, 0.3) is 0 Å². The minimum absolute atomic E-state index is 0.410. The standard InChI is InChI=1S/C14H9Cl3N2O2/c15-9-4-6-10(7-5-9)19-14(20)21-18-8-11-12(16)2-1-3-13(11)17/h1-8H,(H,19,20)/b18-8+. The van der Waals surface area contributed by atoms with Crippen LogP contribution in [0.5, 0.6) is 0 Å². The van der Waals surface area contributed by atoms with Crippen LogP contribution in [0.2, 0.25) is 15.1 Å². The maximum absolute atomic E-state index is 11.5. The molecule has 0 bridgehead atoms. The van der Waals surface area contributed by atoms with E-state index in [4.69, 9.17) is 34.8 Å². The first kappa shape index (κ1) is 15.6. The van der Waals surface area contributed by atoms with E-state index >= 15 is 0 Å². The summed E-state index contributed by atoms with van der Waals surface area (Å²) >= 11 is 17.6. The molecule has 0 spiro atoms. The van der Waals surface area contributed by atoms with Gasteiger partial charge >= 0.3 is 6.09 Å². The van der Waals surface area contributed by atoms with E-state index in [-0.39, 0.29) is 0 Å². The van der Waals surface area contributed by atoms with Gasteiger partial charge in [0.1, 0.15) is 0 Å². The normalized spacial score (nSPS) is 10.6. The molecule has 0 aliphatic carbocycles. The number of halogens is 3. The van der Waals surface area contributed by atoms with E-state index < -0.39 is 6.09 Å². The van der Waals surface area contributed by atoms with Crippen molar-refractivity contribution >= 4 is 52.8 Å². The number of rotatable bonds is 3. The van der Waals surface area contributed by atoms with E-state index in [1.54, 1.807) is 42.5 Å². The number of nitrogens with one attached hydrogen (secondary N) is 1. The molecule has 4 nitrogen and oxygen atoms in total. The molecule has 1 amide bonds. The number of hydrogen-bond donors (Lipinski definition) is 1. The summed E-state index contributed by atoms with van der Waals surface area (Å²) in [5.41, 5.74) is 1.01. The molecule has 0 saturated carbocycles. The van der Waals surface area contributed by atoms with Crippen LogP contribution in [-0.4, -0.2) is 12.3 Å². The fraction of sp³-hybridized carbons (Fsp3) is 0. The molecule has 2 aromatic carbocycles. The number of carbonyl (C=O) groups excluding carboxylic acids is 1. The molecule has 108 valence electrons. The summed E-state index contributed by atoms with van der Waals surface area (Å²) in [5.74, 6) is 0. The first-order valence-corrected chi connectivity index (χ1v) is 6.90. The number of amides is 1. The first-order valence-electron chi connectivity index (χ1n) is 5.77. The summed E-state index contributed by atoms with van der Waals surface area (Å²) in [4.78, 5) is 16.2. The Balaban J connectivity index is 1.95. The minimum Gasteiger partial charge on any atom is -0.298 e. The third-order valence-electron chi connectivity index (χ3n) is 2.41. The smallest absolute Gasteiger partial charge is 0.298 e. The highest BCUT2D eigenvalue weighted by atomic mass is 35.5. The van der Waals surface area contributed by atoms with Crippen molar-refractivity contribution in [3.05, 3.63) is 63.1 Å². The Bertz CT molecular complexity index is 652.